The second-order valence-corrected chi connectivity index (χ2v) is 4.23. The van der Waals surface area contributed by atoms with E-state index in [1.165, 1.54) is 0 Å². The predicted molar refractivity (Wildman–Crippen MR) is 54.5 cm³/mol. The predicted octanol–water partition coefficient (Wildman–Crippen LogP) is 1.18. The Kier molecular flexibility index (Phi) is 5.77. The molecular formula is C5H9F3N4S2. The van der Waals surface area contributed by atoms with Crippen molar-refractivity contribution in [1.82, 2.24) is 0 Å². The van der Waals surface area contributed by atoms with Crippen molar-refractivity contribution in [3.8, 4) is 0 Å². The highest BCUT2D eigenvalue weighted by molar-refractivity contribution is 8.14. The van der Waals surface area contributed by atoms with Crippen molar-refractivity contribution in [3.05, 3.63) is 0 Å². The van der Waals surface area contributed by atoms with Crippen LogP contribution in [0, 0.1) is 5.41 Å². The molecule has 0 atom stereocenters. The first kappa shape index (κ1) is 13.4. The molecule has 0 aromatic carbocycles. The number of guanidine groups is 1. The van der Waals surface area contributed by atoms with Crippen molar-refractivity contribution in [2.24, 2.45) is 16.5 Å². The highest BCUT2D eigenvalue weighted by Gasteiger charge is 2.27. The molecule has 5 N–H and O–H groups in total. The van der Waals surface area contributed by atoms with E-state index in [1.54, 1.807) is 0 Å². The van der Waals surface area contributed by atoms with E-state index < -0.39 is 5.51 Å². The molecule has 0 aliphatic rings. The molecule has 0 aromatic heterocycles. The normalized spacial score (nSPS) is 11.1. The summed E-state index contributed by atoms with van der Waals surface area (Å²) in [5.74, 6) is -0.262. The monoisotopic (exact) mass is 246 g/mol. The molecule has 4 nitrogen and oxygen atoms in total. The quantitative estimate of drug-likeness (QED) is 0.396. The van der Waals surface area contributed by atoms with Gasteiger partial charge in [0, 0.05) is 11.5 Å². The van der Waals surface area contributed by atoms with E-state index in [0.717, 1.165) is 11.8 Å². The summed E-state index contributed by atoms with van der Waals surface area (Å²) in [6.45, 7) is 0. The van der Waals surface area contributed by atoms with E-state index in [9.17, 15) is 13.2 Å². The first-order chi connectivity index (χ1) is 6.31. The van der Waals surface area contributed by atoms with Gasteiger partial charge in [0.05, 0.1) is 0 Å². The van der Waals surface area contributed by atoms with Crippen LogP contribution in [0.4, 0.5) is 13.2 Å². The standard InChI is InChI=1S/C5H9F3N4S2/c6-5(7,8)14-2-1-13-4(11)12-3(9)10/h1-2H2,(H5,9,10,11,12). The number of nitrogens with two attached hydrogens (primary N) is 2. The van der Waals surface area contributed by atoms with Gasteiger partial charge >= 0.3 is 5.51 Å². The lowest BCUT2D eigenvalue weighted by atomic mass is 11.0. The smallest absolute Gasteiger partial charge is 0.370 e. The van der Waals surface area contributed by atoms with Crippen LogP contribution in [0.2, 0.25) is 0 Å². The van der Waals surface area contributed by atoms with E-state index in [1.807, 2.05) is 0 Å². The number of nitrogens with zero attached hydrogens (tertiary/aromatic N) is 1. The Morgan fingerprint density at radius 3 is 2.29 bits per heavy atom. The molecule has 82 valence electrons. The fourth-order valence-electron chi connectivity index (χ4n) is 0.445. The van der Waals surface area contributed by atoms with E-state index in [2.05, 4.69) is 4.99 Å². The fraction of sp³-hybridized carbons (Fsp3) is 0.600. The molecule has 9 heteroatoms. The molecule has 0 unspecified atom stereocenters. The molecule has 14 heavy (non-hydrogen) atoms. The van der Waals surface area contributed by atoms with Crippen molar-refractivity contribution < 1.29 is 13.2 Å². The van der Waals surface area contributed by atoms with Crippen LogP contribution in [0.3, 0.4) is 0 Å². The van der Waals surface area contributed by atoms with E-state index in [4.69, 9.17) is 16.9 Å². The molecule has 0 saturated heterocycles. The SMILES string of the molecule is N=C(N=C(N)N)SCCSC(F)(F)F. The first-order valence-electron chi connectivity index (χ1n) is 3.33. The van der Waals surface area contributed by atoms with Crippen molar-refractivity contribution in [1.29, 1.82) is 5.41 Å². The lowest BCUT2D eigenvalue weighted by Gasteiger charge is -2.04. The van der Waals surface area contributed by atoms with Gasteiger partial charge in [0.15, 0.2) is 11.1 Å². The lowest BCUT2D eigenvalue weighted by Crippen LogP contribution is -2.23. The third-order valence-electron chi connectivity index (χ3n) is 0.818. The van der Waals surface area contributed by atoms with Crippen LogP contribution in [0.1, 0.15) is 0 Å². The van der Waals surface area contributed by atoms with Gasteiger partial charge in [0.25, 0.3) is 0 Å². The van der Waals surface area contributed by atoms with Crippen LogP contribution < -0.4 is 11.5 Å². The highest BCUT2D eigenvalue weighted by Crippen LogP contribution is 2.30. The van der Waals surface area contributed by atoms with Gasteiger partial charge in [-0.25, -0.2) is 0 Å². The number of halogens is 3. The lowest BCUT2D eigenvalue weighted by molar-refractivity contribution is -0.0326. The van der Waals surface area contributed by atoms with Gasteiger partial charge in [-0.3, -0.25) is 5.41 Å². The Labute approximate surface area is 87.2 Å². The van der Waals surface area contributed by atoms with Gasteiger partial charge in [-0.05, 0) is 0 Å². The minimum absolute atomic E-state index is 0.128. The van der Waals surface area contributed by atoms with Crippen LogP contribution in [-0.2, 0) is 0 Å². The number of nitrogens with one attached hydrogen (secondary N) is 1. The van der Waals surface area contributed by atoms with Crippen molar-refractivity contribution >= 4 is 34.7 Å². The third-order valence-corrected chi connectivity index (χ3v) is 2.59. The molecule has 0 fully saturated rings. The van der Waals surface area contributed by atoms with Crippen LogP contribution >= 0.6 is 23.5 Å². The fourth-order valence-corrected chi connectivity index (χ4v) is 1.71. The van der Waals surface area contributed by atoms with Gasteiger partial charge in [-0.15, -0.1) is 0 Å². The number of alkyl halides is 3. The molecule has 0 spiro atoms. The molecule has 0 heterocycles. The summed E-state index contributed by atoms with van der Waals surface area (Å²) in [6, 6.07) is 0. The molecule has 0 aliphatic carbocycles. The molecule has 0 aromatic rings. The average Bonchev–Trinajstić information content (AvgIpc) is 1.95. The van der Waals surface area contributed by atoms with E-state index in [-0.39, 0.29) is 34.4 Å². The number of hydrogen-bond donors (Lipinski definition) is 3. The second kappa shape index (κ2) is 6.02. The Hall–Kier alpha value is -0.570. The van der Waals surface area contributed by atoms with Gasteiger partial charge in [-0.1, -0.05) is 23.5 Å². The summed E-state index contributed by atoms with van der Waals surface area (Å²) in [7, 11) is 0. The average molecular weight is 246 g/mol. The summed E-state index contributed by atoms with van der Waals surface area (Å²) in [5, 5.41) is 6.89. The number of amidine groups is 1. The molecule has 0 bridgehead atoms. The molecule has 0 saturated carbocycles. The largest absolute Gasteiger partial charge is 0.441 e. The summed E-state index contributed by atoms with van der Waals surface area (Å²) in [5.41, 5.74) is 5.69. The minimum atomic E-state index is -4.22. The van der Waals surface area contributed by atoms with Crippen molar-refractivity contribution in [2.45, 2.75) is 5.51 Å². The van der Waals surface area contributed by atoms with Gasteiger partial charge < -0.3 is 11.5 Å². The van der Waals surface area contributed by atoms with Gasteiger partial charge in [0.2, 0.25) is 0 Å². The maximum atomic E-state index is 11.6. The summed E-state index contributed by atoms with van der Waals surface area (Å²) in [6.07, 6.45) is 0. The maximum absolute atomic E-state index is 11.6. The molecule has 0 rings (SSSR count). The van der Waals surface area contributed by atoms with Gasteiger partial charge in [-0.2, -0.15) is 18.2 Å². The molecule has 0 amide bonds. The maximum Gasteiger partial charge on any atom is 0.441 e. The summed E-state index contributed by atoms with van der Waals surface area (Å²) < 4.78 is 34.9. The number of thioether (sulfide) groups is 2. The van der Waals surface area contributed by atoms with Crippen LogP contribution in [0.25, 0.3) is 0 Å². The minimum Gasteiger partial charge on any atom is -0.370 e. The zero-order valence-corrected chi connectivity index (χ0v) is 8.60. The molecule has 0 aliphatic heterocycles. The zero-order chi connectivity index (χ0) is 11.2. The number of hydrogen-bond acceptors (Lipinski definition) is 3. The number of aliphatic imine (C=N–C) groups is 1. The third kappa shape index (κ3) is 9.52. The summed E-state index contributed by atoms with van der Waals surface area (Å²) in [4.78, 5) is 3.34. The Morgan fingerprint density at radius 2 is 1.86 bits per heavy atom. The van der Waals surface area contributed by atoms with Crippen molar-refractivity contribution in [2.75, 3.05) is 11.5 Å². The molecular weight excluding hydrogens is 237 g/mol. The second-order valence-electron chi connectivity index (χ2n) is 1.98. The van der Waals surface area contributed by atoms with Crippen LogP contribution in [-0.4, -0.2) is 28.1 Å². The number of rotatable bonds is 3. The topological polar surface area (TPSA) is 88.2 Å². The van der Waals surface area contributed by atoms with Crippen molar-refractivity contribution in [3.63, 3.8) is 0 Å². The Morgan fingerprint density at radius 1 is 1.29 bits per heavy atom. The Bertz CT molecular complexity index is 224. The summed E-state index contributed by atoms with van der Waals surface area (Å²) >= 11 is 0.726. The highest BCUT2D eigenvalue weighted by atomic mass is 32.2. The zero-order valence-electron chi connectivity index (χ0n) is 6.97. The van der Waals surface area contributed by atoms with E-state index >= 15 is 0 Å². The Balaban J connectivity index is 3.56. The van der Waals surface area contributed by atoms with Crippen LogP contribution in [0.15, 0.2) is 4.99 Å². The molecule has 0 radical (unpaired) electrons. The van der Waals surface area contributed by atoms with E-state index in [0.29, 0.717) is 0 Å². The first-order valence-corrected chi connectivity index (χ1v) is 5.30. The van der Waals surface area contributed by atoms with Gasteiger partial charge in [0.1, 0.15) is 0 Å². The van der Waals surface area contributed by atoms with Crippen LogP contribution in [0.5, 0.6) is 0 Å².